The van der Waals surface area contributed by atoms with E-state index in [0.717, 1.165) is 4.26 Å². The standard InChI is InChI=1S/C13H11N3O3Se/c1-2-19-13(18)9-7-14-15-11(9)16-12(17)8-5-3-4-6-10(8)20-16/h3-7H,2H2,1H3,(H,14,15). The second kappa shape index (κ2) is 5.11. The molecule has 1 N–H and O–H groups in total. The second-order valence-corrected chi connectivity index (χ2v) is 6.10. The zero-order chi connectivity index (χ0) is 14.1. The van der Waals surface area contributed by atoms with Gasteiger partial charge in [-0.1, -0.05) is 0 Å². The fourth-order valence-corrected chi connectivity index (χ4v) is 4.00. The summed E-state index contributed by atoms with van der Waals surface area (Å²) in [4.78, 5) is 24.2. The van der Waals surface area contributed by atoms with Gasteiger partial charge in [0.15, 0.2) is 0 Å². The van der Waals surface area contributed by atoms with E-state index in [-0.39, 0.29) is 32.5 Å². The molecule has 0 aliphatic rings. The molecule has 3 aromatic rings. The molecule has 0 radical (unpaired) electrons. The van der Waals surface area contributed by atoms with Crippen LogP contribution in [0.3, 0.4) is 0 Å². The summed E-state index contributed by atoms with van der Waals surface area (Å²) in [5, 5.41) is 7.33. The Morgan fingerprint density at radius 2 is 2.25 bits per heavy atom. The van der Waals surface area contributed by atoms with Crippen LogP contribution in [0.25, 0.3) is 15.5 Å². The average Bonchev–Trinajstić information content (AvgIpc) is 3.04. The third kappa shape index (κ3) is 2.01. The Labute approximate surface area is 120 Å². The number of ether oxygens (including phenoxy) is 1. The van der Waals surface area contributed by atoms with Gasteiger partial charge in [0.1, 0.15) is 0 Å². The number of hydrogen-bond acceptors (Lipinski definition) is 4. The number of aromatic nitrogens is 3. The van der Waals surface area contributed by atoms with Crippen LogP contribution in [0.1, 0.15) is 17.3 Å². The minimum absolute atomic E-state index is 0.127. The van der Waals surface area contributed by atoms with E-state index in [0.29, 0.717) is 11.2 Å². The summed E-state index contributed by atoms with van der Waals surface area (Å²) in [6, 6.07) is 7.43. The van der Waals surface area contributed by atoms with Crippen LogP contribution in [0.4, 0.5) is 0 Å². The fourth-order valence-electron chi connectivity index (χ4n) is 1.91. The first-order valence-electron chi connectivity index (χ1n) is 6.04. The summed E-state index contributed by atoms with van der Waals surface area (Å²) in [7, 11) is 0. The van der Waals surface area contributed by atoms with Gasteiger partial charge in [-0.2, -0.15) is 0 Å². The number of esters is 1. The van der Waals surface area contributed by atoms with E-state index in [9.17, 15) is 9.59 Å². The molecule has 6 nitrogen and oxygen atoms in total. The Morgan fingerprint density at radius 3 is 3.00 bits per heavy atom. The first-order valence-corrected chi connectivity index (χ1v) is 7.67. The summed E-state index contributed by atoms with van der Waals surface area (Å²) >= 11 is -0.218. The number of fused-ring (bicyclic) bond motifs is 1. The van der Waals surface area contributed by atoms with Crippen molar-refractivity contribution in [1.29, 1.82) is 0 Å². The van der Waals surface area contributed by atoms with Crippen LogP contribution < -0.4 is 5.56 Å². The molecule has 0 aliphatic heterocycles. The van der Waals surface area contributed by atoms with E-state index in [4.69, 9.17) is 4.74 Å². The Balaban J connectivity index is 2.17. The van der Waals surface area contributed by atoms with Crippen LogP contribution in [-0.2, 0) is 4.74 Å². The molecule has 7 heteroatoms. The molecule has 3 rings (SSSR count). The summed E-state index contributed by atoms with van der Waals surface area (Å²) in [6.07, 6.45) is 1.46. The van der Waals surface area contributed by atoms with Gasteiger partial charge >= 0.3 is 119 Å². The molecule has 0 amide bonds. The van der Waals surface area contributed by atoms with Crippen LogP contribution in [0.15, 0.2) is 35.3 Å². The van der Waals surface area contributed by atoms with E-state index >= 15 is 0 Å². The first kappa shape index (κ1) is 12.9. The molecular weight excluding hydrogens is 325 g/mol. The molecular formula is C13H11N3O3Se. The molecule has 0 saturated carbocycles. The fraction of sp³-hybridized carbons (Fsp3) is 0.154. The Hall–Kier alpha value is -2.11. The number of carbonyl (C=O) groups is 1. The molecule has 2 aromatic heterocycles. The van der Waals surface area contributed by atoms with Gasteiger partial charge in [0.05, 0.1) is 0 Å². The minimum atomic E-state index is -0.476. The molecule has 0 spiro atoms. The van der Waals surface area contributed by atoms with Gasteiger partial charge in [-0.05, 0) is 0 Å². The van der Waals surface area contributed by atoms with Gasteiger partial charge in [-0.3, -0.25) is 0 Å². The zero-order valence-corrected chi connectivity index (χ0v) is 12.3. The average molecular weight is 336 g/mol. The van der Waals surface area contributed by atoms with Crippen LogP contribution in [0.2, 0.25) is 0 Å². The molecule has 20 heavy (non-hydrogen) atoms. The van der Waals surface area contributed by atoms with Crippen LogP contribution in [0.5, 0.6) is 0 Å². The third-order valence-corrected chi connectivity index (χ3v) is 5.05. The third-order valence-electron chi connectivity index (χ3n) is 2.80. The summed E-state index contributed by atoms with van der Waals surface area (Å²) in [6.45, 7) is 2.02. The number of carbonyl (C=O) groups excluding carboxylic acids is 1. The maximum absolute atomic E-state index is 12.4. The summed E-state index contributed by atoms with van der Waals surface area (Å²) in [5.74, 6) is -0.138. The van der Waals surface area contributed by atoms with Crippen molar-refractivity contribution in [2.45, 2.75) is 6.92 Å². The van der Waals surface area contributed by atoms with Gasteiger partial charge in [-0.25, -0.2) is 0 Å². The molecule has 0 fully saturated rings. The van der Waals surface area contributed by atoms with Crippen LogP contribution >= 0.6 is 0 Å². The zero-order valence-electron chi connectivity index (χ0n) is 10.6. The van der Waals surface area contributed by atoms with Crippen molar-refractivity contribution in [3.05, 3.63) is 46.4 Å². The van der Waals surface area contributed by atoms with Crippen molar-refractivity contribution in [2.24, 2.45) is 0 Å². The van der Waals surface area contributed by atoms with Crippen molar-refractivity contribution in [1.82, 2.24) is 13.8 Å². The van der Waals surface area contributed by atoms with Gasteiger partial charge < -0.3 is 0 Å². The topological polar surface area (TPSA) is 77.0 Å². The van der Waals surface area contributed by atoms with E-state index in [1.54, 1.807) is 16.6 Å². The monoisotopic (exact) mass is 337 g/mol. The van der Waals surface area contributed by atoms with Gasteiger partial charge in [0.2, 0.25) is 0 Å². The quantitative estimate of drug-likeness (QED) is 0.571. The van der Waals surface area contributed by atoms with E-state index in [1.807, 2.05) is 18.2 Å². The SMILES string of the molecule is CCOC(=O)c1c[nH]nc1-n1[se]c2ccccc2c1=O. The molecule has 0 aliphatic carbocycles. The summed E-state index contributed by atoms with van der Waals surface area (Å²) < 4.78 is 7.50. The predicted octanol–water partition coefficient (Wildman–Crippen LogP) is 0.948. The predicted molar refractivity (Wildman–Crippen MR) is 74.6 cm³/mol. The van der Waals surface area contributed by atoms with Crippen molar-refractivity contribution < 1.29 is 9.53 Å². The van der Waals surface area contributed by atoms with Crippen LogP contribution in [-0.4, -0.2) is 41.1 Å². The van der Waals surface area contributed by atoms with Gasteiger partial charge in [-0.15, -0.1) is 0 Å². The van der Waals surface area contributed by atoms with Crippen molar-refractivity contribution in [3.63, 3.8) is 0 Å². The molecule has 0 saturated heterocycles. The maximum atomic E-state index is 12.4. The number of hydrogen-bond donors (Lipinski definition) is 1. The molecule has 0 unspecified atom stereocenters. The van der Waals surface area contributed by atoms with Gasteiger partial charge in [0.25, 0.3) is 0 Å². The number of aromatic amines is 1. The van der Waals surface area contributed by atoms with E-state index in [2.05, 4.69) is 10.2 Å². The van der Waals surface area contributed by atoms with Crippen molar-refractivity contribution in [2.75, 3.05) is 6.61 Å². The number of nitrogens with one attached hydrogen (secondary N) is 1. The Morgan fingerprint density at radius 1 is 1.45 bits per heavy atom. The molecule has 102 valence electrons. The second-order valence-electron chi connectivity index (χ2n) is 4.03. The van der Waals surface area contributed by atoms with Crippen molar-refractivity contribution >= 4 is 30.3 Å². The van der Waals surface area contributed by atoms with E-state index < -0.39 is 5.97 Å². The van der Waals surface area contributed by atoms with Crippen molar-refractivity contribution in [3.8, 4) is 5.82 Å². The van der Waals surface area contributed by atoms with E-state index in [1.165, 1.54) is 6.20 Å². The molecule has 2 heterocycles. The molecule has 1 aromatic carbocycles. The summed E-state index contributed by atoms with van der Waals surface area (Å²) in [5.41, 5.74) is 0.160. The number of benzene rings is 1. The Kier molecular flexibility index (Phi) is 3.30. The molecule has 0 atom stereocenters. The van der Waals surface area contributed by atoms with Crippen LogP contribution in [0, 0.1) is 0 Å². The Bertz CT molecular complexity index is 831. The van der Waals surface area contributed by atoms with Gasteiger partial charge in [0, 0.05) is 0 Å². The number of H-pyrrole nitrogens is 1. The number of nitrogens with zero attached hydrogens (tertiary/aromatic N) is 2. The number of rotatable bonds is 3. The normalized spacial score (nSPS) is 10.8. The molecule has 0 bridgehead atoms. The first-order chi connectivity index (χ1) is 9.72.